The lowest BCUT2D eigenvalue weighted by molar-refractivity contribution is 0.415. The third-order valence-corrected chi connectivity index (χ3v) is 3.09. The quantitative estimate of drug-likeness (QED) is 0.875. The molecule has 0 unspecified atom stereocenters. The van der Waals surface area contributed by atoms with Gasteiger partial charge < -0.3 is 15.0 Å². The SMILES string of the molecule is CCNc1ccnc(CN(C)c2cccc(OC)c2)c1. The Labute approximate surface area is 120 Å². The van der Waals surface area contributed by atoms with Gasteiger partial charge in [-0.05, 0) is 31.2 Å². The van der Waals surface area contributed by atoms with Crippen molar-refractivity contribution < 1.29 is 4.74 Å². The van der Waals surface area contributed by atoms with E-state index in [-0.39, 0.29) is 0 Å². The van der Waals surface area contributed by atoms with Gasteiger partial charge in [-0.3, -0.25) is 4.98 Å². The second kappa shape index (κ2) is 6.80. The highest BCUT2D eigenvalue weighted by Gasteiger charge is 2.05. The van der Waals surface area contributed by atoms with E-state index in [9.17, 15) is 0 Å². The van der Waals surface area contributed by atoms with Crippen molar-refractivity contribution in [3.63, 3.8) is 0 Å². The van der Waals surface area contributed by atoms with E-state index < -0.39 is 0 Å². The summed E-state index contributed by atoms with van der Waals surface area (Å²) in [5.41, 5.74) is 3.25. The number of benzene rings is 1. The number of pyridine rings is 1. The fraction of sp³-hybridized carbons (Fsp3) is 0.312. The van der Waals surface area contributed by atoms with Crippen molar-refractivity contribution in [3.8, 4) is 5.75 Å². The maximum Gasteiger partial charge on any atom is 0.120 e. The van der Waals surface area contributed by atoms with Gasteiger partial charge in [-0.2, -0.15) is 0 Å². The molecule has 0 bridgehead atoms. The largest absolute Gasteiger partial charge is 0.497 e. The summed E-state index contributed by atoms with van der Waals surface area (Å²) in [6.45, 7) is 3.75. The topological polar surface area (TPSA) is 37.4 Å². The number of aromatic nitrogens is 1. The van der Waals surface area contributed by atoms with Gasteiger partial charge in [-0.15, -0.1) is 0 Å². The highest BCUT2D eigenvalue weighted by Crippen LogP contribution is 2.21. The van der Waals surface area contributed by atoms with Crippen LogP contribution in [0.25, 0.3) is 0 Å². The van der Waals surface area contributed by atoms with Gasteiger partial charge in [0.25, 0.3) is 0 Å². The van der Waals surface area contributed by atoms with Crippen molar-refractivity contribution in [1.82, 2.24) is 4.98 Å². The van der Waals surface area contributed by atoms with E-state index in [0.717, 1.165) is 35.9 Å². The maximum absolute atomic E-state index is 5.25. The van der Waals surface area contributed by atoms with Crippen molar-refractivity contribution in [2.45, 2.75) is 13.5 Å². The van der Waals surface area contributed by atoms with Gasteiger partial charge >= 0.3 is 0 Å². The first-order chi connectivity index (χ1) is 9.72. The molecule has 0 radical (unpaired) electrons. The van der Waals surface area contributed by atoms with Gasteiger partial charge in [0.1, 0.15) is 5.75 Å². The molecule has 0 saturated heterocycles. The minimum absolute atomic E-state index is 0.756. The molecule has 0 saturated carbocycles. The van der Waals surface area contributed by atoms with Crippen LogP contribution in [0.1, 0.15) is 12.6 Å². The zero-order chi connectivity index (χ0) is 14.4. The summed E-state index contributed by atoms with van der Waals surface area (Å²) in [7, 11) is 3.73. The molecule has 1 aromatic heterocycles. The first-order valence-corrected chi connectivity index (χ1v) is 6.77. The Balaban J connectivity index is 2.10. The van der Waals surface area contributed by atoms with Crippen molar-refractivity contribution >= 4 is 11.4 Å². The summed E-state index contributed by atoms with van der Waals surface area (Å²) in [5.74, 6) is 0.865. The zero-order valence-corrected chi connectivity index (χ0v) is 12.3. The molecule has 1 N–H and O–H groups in total. The minimum atomic E-state index is 0.756. The lowest BCUT2D eigenvalue weighted by Crippen LogP contribution is -2.17. The molecule has 4 heteroatoms. The van der Waals surface area contributed by atoms with E-state index in [2.05, 4.69) is 41.3 Å². The van der Waals surface area contributed by atoms with Crippen LogP contribution in [0.5, 0.6) is 5.75 Å². The molecular weight excluding hydrogens is 250 g/mol. The molecule has 20 heavy (non-hydrogen) atoms. The number of nitrogens with zero attached hydrogens (tertiary/aromatic N) is 2. The van der Waals surface area contributed by atoms with Crippen molar-refractivity contribution in [2.24, 2.45) is 0 Å². The van der Waals surface area contributed by atoms with Crippen LogP contribution in [0, 0.1) is 0 Å². The van der Waals surface area contributed by atoms with Crippen LogP contribution < -0.4 is 15.0 Å². The van der Waals surface area contributed by atoms with Crippen molar-refractivity contribution in [3.05, 3.63) is 48.3 Å². The first-order valence-electron chi connectivity index (χ1n) is 6.77. The van der Waals surface area contributed by atoms with Gasteiger partial charge in [0.05, 0.1) is 19.3 Å². The molecule has 0 amide bonds. The van der Waals surface area contributed by atoms with E-state index in [1.165, 1.54) is 0 Å². The lowest BCUT2D eigenvalue weighted by atomic mass is 10.2. The Kier molecular flexibility index (Phi) is 4.82. The average Bonchev–Trinajstić information content (AvgIpc) is 2.48. The van der Waals surface area contributed by atoms with E-state index >= 15 is 0 Å². The lowest BCUT2D eigenvalue weighted by Gasteiger charge is -2.19. The predicted octanol–water partition coefficient (Wildman–Crippen LogP) is 3.16. The number of hydrogen-bond acceptors (Lipinski definition) is 4. The molecule has 0 aliphatic rings. The molecule has 1 aromatic carbocycles. The maximum atomic E-state index is 5.25. The van der Waals surface area contributed by atoms with Crippen LogP contribution in [-0.4, -0.2) is 25.7 Å². The van der Waals surface area contributed by atoms with E-state index in [0.29, 0.717) is 0 Å². The van der Waals surface area contributed by atoms with Gasteiger partial charge in [0.2, 0.25) is 0 Å². The van der Waals surface area contributed by atoms with Gasteiger partial charge in [0, 0.05) is 37.2 Å². The molecule has 2 aromatic rings. The summed E-state index contributed by atoms with van der Waals surface area (Å²) >= 11 is 0. The van der Waals surface area contributed by atoms with E-state index in [1.54, 1.807) is 7.11 Å². The summed E-state index contributed by atoms with van der Waals surface area (Å²) in [5, 5.41) is 3.30. The monoisotopic (exact) mass is 271 g/mol. The standard InChI is InChI=1S/C16H21N3O/c1-4-17-13-8-9-18-14(10-13)12-19(2)15-6-5-7-16(11-15)20-3/h5-11H,4,12H2,1-3H3,(H,17,18). The van der Waals surface area contributed by atoms with Crippen LogP contribution in [0.3, 0.4) is 0 Å². The molecule has 2 rings (SSSR count). The minimum Gasteiger partial charge on any atom is -0.497 e. The Hall–Kier alpha value is -2.23. The Morgan fingerprint density at radius 3 is 2.85 bits per heavy atom. The third-order valence-electron chi connectivity index (χ3n) is 3.09. The average molecular weight is 271 g/mol. The molecule has 106 valence electrons. The number of anilines is 2. The van der Waals surface area contributed by atoms with Crippen LogP contribution in [0.15, 0.2) is 42.6 Å². The Morgan fingerprint density at radius 2 is 2.10 bits per heavy atom. The fourth-order valence-corrected chi connectivity index (χ4v) is 2.06. The summed E-state index contributed by atoms with van der Waals surface area (Å²) < 4.78 is 5.25. The molecule has 0 fully saturated rings. The molecular formula is C16H21N3O. The molecule has 0 atom stereocenters. The number of rotatable bonds is 6. The molecule has 4 nitrogen and oxygen atoms in total. The first kappa shape index (κ1) is 14.2. The number of ether oxygens (including phenoxy) is 1. The number of methoxy groups -OCH3 is 1. The van der Waals surface area contributed by atoms with Crippen LogP contribution in [-0.2, 0) is 6.54 Å². The van der Waals surface area contributed by atoms with Crippen LogP contribution in [0.2, 0.25) is 0 Å². The summed E-state index contributed by atoms with van der Waals surface area (Å²) in [4.78, 5) is 6.57. The Bertz CT molecular complexity index is 557. The highest BCUT2D eigenvalue weighted by atomic mass is 16.5. The van der Waals surface area contributed by atoms with E-state index in [1.807, 2.05) is 30.5 Å². The van der Waals surface area contributed by atoms with Crippen molar-refractivity contribution in [1.29, 1.82) is 0 Å². The molecule has 0 aliphatic heterocycles. The summed E-state index contributed by atoms with van der Waals surface area (Å²) in [6, 6.07) is 12.1. The third kappa shape index (κ3) is 3.63. The molecule has 1 heterocycles. The second-order valence-corrected chi connectivity index (χ2v) is 4.62. The molecule has 0 spiro atoms. The zero-order valence-electron chi connectivity index (χ0n) is 12.3. The fourth-order valence-electron chi connectivity index (χ4n) is 2.06. The van der Waals surface area contributed by atoms with Crippen LogP contribution >= 0.6 is 0 Å². The number of nitrogens with one attached hydrogen (secondary N) is 1. The van der Waals surface area contributed by atoms with Gasteiger partial charge in [-0.1, -0.05) is 6.07 Å². The number of hydrogen-bond donors (Lipinski definition) is 1. The van der Waals surface area contributed by atoms with Crippen molar-refractivity contribution in [2.75, 3.05) is 30.9 Å². The summed E-state index contributed by atoms with van der Waals surface area (Å²) in [6.07, 6.45) is 1.84. The van der Waals surface area contributed by atoms with Crippen LogP contribution in [0.4, 0.5) is 11.4 Å². The Morgan fingerprint density at radius 1 is 1.25 bits per heavy atom. The van der Waals surface area contributed by atoms with E-state index in [4.69, 9.17) is 4.74 Å². The predicted molar refractivity (Wildman–Crippen MR) is 83.5 cm³/mol. The second-order valence-electron chi connectivity index (χ2n) is 4.62. The molecule has 0 aliphatic carbocycles. The highest BCUT2D eigenvalue weighted by molar-refractivity contribution is 5.51. The van der Waals surface area contributed by atoms with Gasteiger partial charge in [0.15, 0.2) is 0 Å². The smallest absolute Gasteiger partial charge is 0.120 e. The normalized spacial score (nSPS) is 10.2. The van der Waals surface area contributed by atoms with Gasteiger partial charge in [-0.25, -0.2) is 0 Å².